The summed E-state index contributed by atoms with van der Waals surface area (Å²) in [5.74, 6) is 0. The van der Waals surface area contributed by atoms with E-state index in [1.165, 1.54) is 0 Å². The number of nitrogens with one attached hydrogen (secondary N) is 1. The molecule has 0 aliphatic rings. The number of rotatable bonds is 0. The van der Waals surface area contributed by atoms with Gasteiger partial charge in [0.2, 0.25) is 0 Å². The van der Waals surface area contributed by atoms with Crippen LogP contribution >= 0.6 is 12.4 Å². The Kier molecular flexibility index (Phi) is 2.50. The molecule has 1 heterocycles. The Morgan fingerprint density at radius 3 is 2.67 bits per heavy atom. The molecule has 1 N–H and O–H groups in total. The number of hydrogen-bond donors (Lipinski definition) is 1. The van der Waals surface area contributed by atoms with E-state index in [9.17, 15) is 0 Å². The van der Waals surface area contributed by atoms with Crippen LogP contribution in [0.25, 0.3) is 0 Å². The Bertz CT molecular complexity index is 65.3. The van der Waals surface area contributed by atoms with Crippen LogP contribution in [0.3, 0.4) is 0 Å². The van der Waals surface area contributed by atoms with Crippen molar-refractivity contribution in [2.45, 2.75) is 0 Å². The van der Waals surface area contributed by atoms with E-state index in [-0.39, 0.29) is 12.4 Å². The van der Waals surface area contributed by atoms with Gasteiger partial charge >= 0.3 is 0 Å². The number of aromatic amines is 1. The molecule has 3 heteroatoms. The molecule has 0 aliphatic heterocycles. The number of nitrogens with zero attached hydrogens (tertiary/aromatic N) is 1. The van der Waals surface area contributed by atoms with Gasteiger partial charge in [-0.25, -0.2) is 4.98 Å². The number of H-pyrrole nitrogens is 1. The Morgan fingerprint density at radius 2 is 2.50 bits per heavy atom. The summed E-state index contributed by atoms with van der Waals surface area (Å²) in [6.45, 7) is 0. The van der Waals surface area contributed by atoms with Crippen molar-refractivity contribution < 1.29 is 0 Å². The van der Waals surface area contributed by atoms with E-state index in [1.807, 2.05) is 0 Å². The second-order valence-corrected chi connectivity index (χ2v) is 0.701. The van der Waals surface area contributed by atoms with Crippen molar-refractivity contribution in [3.05, 3.63) is 18.7 Å². The minimum absolute atomic E-state index is 0. The molecular weight excluding hydrogens is 99.5 g/mol. The normalized spacial score (nSPS) is 6.67. The molecule has 1 rings (SSSR count). The van der Waals surface area contributed by atoms with Crippen molar-refractivity contribution in [2.24, 2.45) is 0 Å². The van der Waals surface area contributed by atoms with Crippen LogP contribution in [0.15, 0.2) is 12.4 Å². The van der Waals surface area contributed by atoms with Gasteiger partial charge in [0.1, 0.15) is 0 Å². The maximum absolute atomic E-state index is 3.54. The Morgan fingerprint density at radius 1 is 1.67 bits per heavy atom. The first-order valence-corrected chi connectivity index (χ1v) is 1.35. The average molecular weight is 104 g/mol. The lowest BCUT2D eigenvalue weighted by Gasteiger charge is -1.44. The van der Waals surface area contributed by atoms with Crippen molar-refractivity contribution in [3.8, 4) is 0 Å². The van der Waals surface area contributed by atoms with Crippen LogP contribution in [0.5, 0.6) is 0 Å². The zero-order chi connectivity index (χ0) is 3.54. The molecular formula is C3H4ClN2. The number of hydrogen-bond acceptors (Lipinski definition) is 1. The summed E-state index contributed by atoms with van der Waals surface area (Å²) in [5, 5.41) is 0. The molecule has 1 radical (unpaired) electrons. The smallest absolute Gasteiger partial charge is 0.173 e. The third kappa shape index (κ3) is 1.08. The topological polar surface area (TPSA) is 28.7 Å². The van der Waals surface area contributed by atoms with Gasteiger partial charge in [-0.15, -0.1) is 12.4 Å². The molecule has 0 saturated carbocycles. The lowest BCUT2D eigenvalue weighted by atomic mass is 11.0. The molecule has 0 atom stereocenters. The van der Waals surface area contributed by atoms with Crippen molar-refractivity contribution in [1.29, 1.82) is 0 Å². The minimum Gasteiger partial charge on any atom is -0.342 e. The summed E-state index contributed by atoms with van der Waals surface area (Å²) in [6, 6.07) is 0. The molecule has 0 saturated heterocycles. The fourth-order valence-electron chi connectivity index (χ4n) is 0.186. The number of halogens is 1. The molecule has 33 valence electrons. The van der Waals surface area contributed by atoms with E-state index < -0.39 is 0 Å². The van der Waals surface area contributed by atoms with Crippen LogP contribution in [0, 0.1) is 6.33 Å². The number of aromatic nitrogens is 2. The van der Waals surface area contributed by atoms with E-state index in [1.54, 1.807) is 12.4 Å². The van der Waals surface area contributed by atoms with Crippen molar-refractivity contribution in [1.82, 2.24) is 9.97 Å². The van der Waals surface area contributed by atoms with E-state index >= 15 is 0 Å². The summed E-state index contributed by atoms with van der Waals surface area (Å²) in [7, 11) is 0. The van der Waals surface area contributed by atoms with Gasteiger partial charge in [0.15, 0.2) is 6.33 Å². The third-order valence-electron chi connectivity index (χ3n) is 0.362. The molecule has 1 aromatic heterocycles. The molecule has 0 spiro atoms. The fraction of sp³-hybridized carbons (Fsp3) is 0. The van der Waals surface area contributed by atoms with Gasteiger partial charge in [0, 0.05) is 12.4 Å². The van der Waals surface area contributed by atoms with Gasteiger partial charge in [-0.1, -0.05) is 0 Å². The van der Waals surface area contributed by atoms with Gasteiger partial charge in [-0.2, -0.15) is 0 Å². The van der Waals surface area contributed by atoms with E-state index in [0.717, 1.165) is 0 Å². The first-order valence-electron chi connectivity index (χ1n) is 1.35. The second-order valence-electron chi connectivity index (χ2n) is 0.701. The highest BCUT2D eigenvalue weighted by molar-refractivity contribution is 5.85. The minimum atomic E-state index is 0. The summed E-state index contributed by atoms with van der Waals surface area (Å²) in [6.07, 6.45) is 5.83. The molecule has 0 bridgehead atoms. The highest BCUT2D eigenvalue weighted by Gasteiger charge is 1.58. The van der Waals surface area contributed by atoms with Crippen molar-refractivity contribution >= 4 is 12.4 Å². The lowest BCUT2D eigenvalue weighted by molar-refractivity contribution is 1.29. The van der Waals surface area contributed by atoms with Crippen molar-refractivity contribution in [3.63, 3.8) is 0 Å². The summed E-state index contributed by atoms with van der Waals surface area (Å²) < 4.78 is 0. The van der Waals surface area contributed by atoms with Gasteiger partial charge in [0.05, 0.1) is 0 Å². The summed E-state index contributed by atoms with van der Waals surface area (Å²) in [5.41, 5.74) is 0. The zero-order valence-electron chi connectivity index (χ0n) is 3.01. The monoisotopic (exact) mass is 103 g/mol. The van der Waals surface area contributed by atoms with Crippen LogP contribution in [-0.4, -0.2) is 9.97 Å². The molecule has 2 nitrogen and oxygen atoms in total. The first-order chi connectivity index (χ1) is 2.50. The Balaban J connectivity index is 0.000000250. The van der Waals surface area contributed by atoms with Gasteiger partial charge in [0.25, 0.3) is 0 Å². The summed E-state index contributed by atoms with van der Waals surface area (Å²) in [4.78, 5) is 6.17. The highest BCUT2D eigenvalue weighted by atomic mass is 35.5. The number of imidazole rings is 1. The Labute approximate surface area is 42.0 Å². The zero-order valence-corrected chi connectivity index (χ0v) is 3.83. The average Bonchev–Trinajstić information content (AvgIpc) is 1.76. The molecule has 0 fully saturated rings. The predicted molar refractivity (Wildman–Crippen MR) is 24.7 cm³/mol. The van der Waals surface area contributed by atoms with Crippen LogP contribution < -0.4 is 0 Å². The van der Waals surface area contributed by atoms with Gasteiger partial charge in [-0.3, -0.25) is 0 Å². The first kappa shape index (κ1) is 5.50. The largest absolute Gasteiger partial charge is 0.342 e. The molecule has 1 aromatic rings. The standard InChI is InChI=1S/C3H3N2.ClH/c1-2-5-3-4-1;/h1-2H,(H,4,5);1H. The molecule has 0 aromatic carbocycles. The second kappa shape index (κ2) is 2.72. The van der Waals surface area contributed by atoms with E-state index in [2.05, 4.69) is 16.3 Å². The van der Waals surface area contributed by atoms with Crippen LogP contribution in [0.4, 0.5) is 0 Å². The van der Waals surface area contributed by atoms with E-state index in [0.29, 0.717) is 0 Å². The molecule has 0 aliphatic carbocycles. The maximum atomic E-state index is 3.54. The quantitative estimate of drug-likeness (QED) is 0.513. The summed E-state index contributed by atoms with van der Waals surface area (Å²) >= 11 is 0. The molecule has 0 amide bonds. The van der Waals surface area contributed by atoms with Crippen LogP contribution in [0.1, 0.15) is 0 Å². The van der Waals surface area contributed by atoms with Crippen LogP contribution in [-0.2, 0) is 0 Å². The van der Waals surface area contributed by atoms with Crippen LogP contribution in [0.2, 0.25) is 0 Å². The fourth-order valence-corrected chi connectivity index (χ4v) is 0.186. The third-order valence-corrected chi connectivity index (χ3v) is 0.362. The SMILES string of the molecule is Cl.[c]1ncc[nH]1. The molecule has 6 heavy (non-hydrogen) atoms. The van der Waals surface area contributed by atoms with Gasteiger partial charge < -0.3 is 4.98 Å². The van der Waals surface area contributed by atoms with Crippen molar-refractivity contribution in [2.75, 3.05) is 0 Å². The van der Waals surface area contributed by atoms with E-state index in [4.69, 9.17) is 0 Å². The predicted octanol–water partition coefficient (Wildman–Crippen LogP) is 0.632. The lowest BCUT2D eigenvalue weighted by Crippen LogP contribution is -1.46. The Hall–Kier alpha value is -0.500. The highest BCUT2D eigenvalue weighted by Crippen LogP contribution is 1.61. The molecule has 0 unspecified atom stereocenters. The van der Waals surface area contributed by atoms with Gasteiger partial charge in [-0.05, 0) is 0 Å². The maximum Gasteiger partial charge on any atom is 0.173 e.